The van der Waals surface area contributed by atoms with Gasteiger partial charge >= 0.3 is 5.97 Å². The van der Waals surface area contributed by atoms with Gasteiger partial charge in [-0.05, 0) is 72.3 Å². The molecule has 216 valence electrons. The standard InChI is InChI=1S/C31H25ClFIN2O5S/c1-4-40-30(38)26-17(2)35-31-36(27(26)21-10-6-7-11-22(21)32)29(37)25(42-31)14-19-13-20(34)15-24(39-3)28(19)41-16-18-9-5-8-12-23(18)33/h5-15,27H,4,16H2,1-3H3/b25-14-/t27-/m0/s1. The van der Waals surface area contributed by atoms with Gasteiger partial charge in [-0.3, -0.25) is 9.36 Å². The first-order chi connectivity index (χ1) is 20.2. The van der Waals surface area contributed by atoms with Crippen molar-refractivity contribution in [2.75, 3.05) is 13.7 Å². The van der Waals surface area contributed by atoms with E-state index in [1.807, 2.05) is 6.07 Å². The number of carbonyl (C=O) groups excluding carboxylic acids is 1. The third kappa shape index (κ3) is 5.88. The molecule has 0 bridgehead atoms. The molecule has 0 saturated heterocycles. The molecule has 0 unspecified atom stereocenters. The second-order valence-corrected chi connectivity index (χ2v) is 11.9. The van der Waals surface area contributed by atoms with Crippen LogP contribution in [-0.2, 0) is 16.1 Å². The van der Waals surface area contributed by atoms with Gasteiger partial charge in [0.15, 0.2) is 16.3 Å². The van der Waals surface area contributed by atoms with Crippen LogP contribution in [0, 0.1) is 9.39 Å². The molecule has 1 aliphatic heterocycles. The Balaban J connectivity index is 1.68. The van der Waals surface area contributed by atoms with Crippen molar-refractivity contribution in [2.24, 2.45) is 4.99 Å². The number of rotatable bonds is 8. The maximum atomic E-state index is 14.3. The molecule has 42 heavy (non-hydrogen) atoms. The monoisotopic (exact) mass is 718 g/mol. The fourth-order valence-corrected chi connectivity index (χ4v) is 6.59. The number of carbonyl (C=O) groups is 1. The van der Waals surface area contributed by atoms with E-state index in [1.165, 1.54) is 29.1 Å². The molecule has 1 aliphatic rings. The van der Waals surface area contributed by atoms with Crippen molar-refractivity contribution in [1.29, 1.82) is 0 Å². The van der Waals surface area contributed by atoms with Crippen molar-refractivity contribution < 1.29 is 23.4 Å². The van der Waals surface area contributed by atoms with Gasteiger partial charge in [0, 0.05) is 19.7 Å². The molecule has 1 aromatic heterocycles. The third-order valence-electron chi connectivity index (χ3n) is 6.60. The zero-order valence-electron chi connectivity index (χ0n) is 22.8. The van der Waals surface area contributed by atoms with Crippen LogP contribution in [0.25, 0.3) is 6.08 Å². The molecule has 0 spiro atoms. The van der Waals surface area contributed by atoms with Gasteiger partial charge in [0.05, 0.1) is 29.5 Å². The summed E-state index contributed by atoms with van der Waals surface area (Å²) in [5.74, 6) is -0.155. The van der Waals surface area contributed by atoms with E-state index in [0.29, 0.717) is 48.2 Å². The van der Waals surface area contributed by atoms with Crippen molar-refractivity contribution in [3.63, 3.8) is 0 Å². The van der Waals surface area contributed by atoms with E-state index in [-0.39, 0.29) is 30.2 Å². The van der Waals surface area contributed by atoms with Crippen LogP contribution < -0.4 is 24.4 Å². The van der Waals surface area contributed by atoms with Gasteiger partial charge in [-0.25, -0.2) is 14.2 Å². The summed E-state index contributed by atoms with van der Waals surface area (Å²) in [7, 11) is 1.52. The van der Waals surface area contributed by atoms with Gasteiger partial charge in [-0.15, -0.1) is 0 Å². The first-order valence-electron chi connectivity index (χ1n) is 12.9. The van der Waals surface area contributed by atoms with Gasteiger partial charge in [0.1, 0.15) is 18.5 Å². The quantitative estimate of drug-likeness (QED) is 0.171. The number of nitrogens with zero attached hydrogens (tertiary/aromatic N) is 2. The highest BCUT2D eigenvalue weighted by Crippen LogP contribution is 2.36. The van der Waals surface area contributed by atoms with Crippen LogP contribution in [0.3, 0.4) is 0 Å². The molecule has 0 amide bonds. The van der Waals surface area contributed by atoms with Gasteiger partial charge in [-0.2, -0.15) is 0 Å². The predicted octanol–water partition coefficient (Wildman–Crippen LogP) is 5.78. The number of halogens is 3. The minimum atomic E-state index is -0.835. The van der Waals surface area contributed by atoms with Gasteiger partial charge in [0.25, 0.3) is 5.56 Å². The number of esters is 1. The summed E-state index contributed by atoms with van der Waals surface area (Å²) >= 11 is 9.92. The summed E-state index contributed by atoms with van der Waals surface area (Å²) in [6, 6.07) is 16.2. The van der Waals surface area contributed by atoms with Crippen molar-refractivity contribution in [1.82, 2.24) is 4.57 Å². The van der Waals surface area contributed by atoms with Crippen molar-refractivity contribution in [3.05, 3.63) is 123 Å². The van der Waals surface area contributed by atoms with E-state index in [4.69, 9.17) is 25.8 Å². The minimum absolute atomic E-state index is 0.0414. The smallest absolute Gasteiger partial charge is 0.338 e. The number of hydrogen-bond acceptors (Lipinski definition) is 7. The average Bonchev–Trinajstić information content (AvgIpc) is 3.26. The average molecular weight is 719 g/mol. The summed E-state index contributed by atoms with van der Waals surface area (Å²) in [6.07, 6.45) is 1.69. The summed E-state index contributed by atoms with van der Waals surface area (Å²) < 4.78 is 34.0. The molecule has 2 heterocycles. The summed E-state index contributed by atoms with van der Waals surface area (Å²) in [5.41, 5.74) is 1.84. The molecule has 4 aromatic rings. The molecule has 0 fully saturated rings. The number of hydrogen-bond donors (Lipinski definition) is 0. The first-order valence-corrected chi connectivity index (χ1v) is 15.2. The number of aromatic nitrogens is 1. The molecule has 3 aromatic carbocycles. The second kappa shape index (κ2) is 12.8. The van der Waals surface area contributed by atoms with Gasteiger partial charge in [-0.1, -0.05) is 59.3 Å². The van der Waals surface area contributed by atoms with E-state index in [1.54, 1.807) is 68.5 Å². The Hall–Kier alpha value is -3.48. The van der Waals surface area contributed by atoms with Crippen molar-refractivity contribution in [3.8, 4) is 11.5 Å². The molecular formula is C31H25ClFIN2O5S. The van der Waals surface area contributed by atoms with E-state index in [2.05, 4.69) is 27.6 Å². The molecule has 5 rings (SSSR count). The topological polar surface area (TPSA) is 79.1 Å². The Kier molecular flexibility index (Phi) is 9.14. The number of methoxy groups -OCH3 is 1. The summed E-state index contributed by atoms with van der Waals surface area (Å²) in [4.78, 5) is 32.2. The lowest BCUT2D eigenvalue weighted by molar-refractivity contribution is -0.139. The zero-order chi connectivity index (χ0) is 30.0. The SMILES string of the molecule is CCOC(=O)C1=C(C)N=c2s/c(=C\c3cc(I)cc(OC)c3OCc3ccccc3F)c(=O)n2[C@H]1c1ccccc1Cl. The normalized spacial score (nSPS) is 14.8. The molecule has 0 aliphatic carbocycles. The summed E-state index contributed by atoms with van der Waals surface area (Å²) in [6.45, 7) is 3.56. The van der Waals surface area contributed by atoms with E-state index in [9.17, 15) is 14.0 Å². The van der Waals surface area contributed by atoms with Crippen molar-refractivity contribution in [2.45, 2.75) is 26.5 Å². The highest BCUT2D eigenvalue weighted by molar-refractivity contribution is 14.1. The maximum absolute atomic E-state index is 14.3. The molecule has 0 saturated carbocycles. The maximum Gasteiger partial charge on any atom is 0.338 e. The molecule has 7 nitrogen and oxygen atoms in total. The number of fused-ring (bicyclic) bond motifs is 1. The van der Waals surface area contributed by atoms with Crippen LogP contribution in [0.5, 0.6) is 11.5 Å². The zero-order valence-corrected chi connectivity index (χ0v) is 26.6. The Labute approximate surface area is 263 Å². The Morgan fingerprint density at radius 2 is 1.93 bits per heavy atom. The van der Waals surface area contributed by atoms with E-state index in [0.717, 1.165) is 3.57 Å². The number of benzene rings is 3. The minimum Gasteiger partial charge on any atom is -0.493 e. The molecule has 0 radical (unpaired) electrons. The fourth-order valence-electron chi connectivity index (χ4n) is 4.69. The van der Waals surface area contributed by atoms with Crippen LogP contribution in [-0.4, -0.2) is 24.3 Å². The first kappa shape index (κ1) is 30.0. The number of allylic oxidation sites excluding steroid dienone is 1. The largest absolute Gasteiger partial charge is 0.493 e. The van der Waals surface area contributed by atoms with E-state index < -0.39 is 12.0 Å². The van der Waals surface area contributed by atoms with Gasteiger partial charge in [0.2, 0.25) is 0 Å². The van der Waals surface area contributed by atoms with Crippen LogP contribution in [0.4, 0.5) is 4.39 Å². The third-order valence-corrected chi connectivity index (χ3v) is 8.55. The van der Waals surface area contributed by atoms with Crippen LogP contribution in [0.15, 0.2) is 81.7 Å². The molecule has 11 heteroatoms. The van der Waals surface area contributed by atoms with Crippen LogP contribution in [0.2, 0.25) is 5.02 Å². The predicted molar refractivity (Wildman–Crippen MR) is 168 cm³/mol. The van der Waals surface area contributed by atoms with Crippen molar-refractivity contribution >= 4 is 57.6 Å². The number of thiazole rings is 1. The summed E-state index contributed by atoms with van der Waals surface area (Å²) in [5, 5.41) is 0.403. The number of ether oxygens (including phenoxy) is 3. The second-order valence-electron chi connectivity index (χ2n) is 9.23. The van der Waals surface area contributed by atoms with Gasteiger partial charge < -0.3 is 14.2 Å². The lowest BCUT2D eigenvalue weighted by Gasteiger charge is -2.25. The highest BCUT2D eigenvalue weighted by Gasteiger charge is 2.34. The lowest BCUT2D eigenvalue weighted by atomic mass is 9.96. The Morgan fingerprint density at radius 3 is 2.64 bits per heavy atom. The van der Waals surface area contributed by atoms with Crippen LogP contribution >= 0.6 is 45.5 Å². The van der Waals surface area contributed by atoms with Crippen LogP contribution in [0.1, 0.15) is 36.6 Å². The molecule has 1 atom stereocenters. The Bertz CT molecular complexity index is 1900. The van der Waals surface area contributed by atoms with E-state index >= 15 is 0 Å². The molecule has 0 N–H and O–H groups in total. The fraction of sp³-hybridized carbons (Fsp3) is 0.194. The Morgan fingerprint density at radius 1 is 1.19 bits per heavy atom. The highest BCUT2D eigenvalue weighted by atomic mass is 127. The lowest BCUT2D eigenvalue weighted by Crippen LogP contribution is -2.40. The molecular weight excluding hydrogens is 694 g/mol.